The van der Waals surface area contributed by atoms with E-state index in [1.807, 2.05) is 6.07 Å². The van der Waals surface area contributed by atoms with E-state index in [9.17, 15) is 4.39 Å². The maximum absolute atomic E-state index is 13.8. The molecule has 0 saturated carbocycles. The van der Waals surface area contributed by atoms with Gasteiger partial charge in [-0.2, -0.15) is 0 Å². The fraction of sp³-hybridized carbons (Fsp3) is 0.455. The lowest BCUT2D eigenvalue weighted by molar-refractivity contribution is 0.406. The zero-order valence-corrected chi connectivity index (χ0v) is 8.44. The highest BCUT2D eigenvalue weighted by Crippen LogP contribution is 2.46. The molecule has 0 radical (unpaired) electrons. The van der Waals surface area contributed by atoms with Gasteiger partial charge in [-0.05, 0) is 42.5 Å². The zero-order chi connectivity index (χ0) is 9.71. The predicted molar refractivity (Wildman–Crippen MR) is 54.1 cm³/mol. The number of piperidine rings is 1. The van der Waals surface area contributed by atoms with E-state index in [0.717, 1.165) is 30.5 Å². The van der Waals surface area contributed by atoms with Gasteiger partial charge in [0.05, 0.1) is 5.02 Å². The quantitative estimate of drug-likeness (QED) is 0.696. The van der Waals surface area contributed by atoms with E-state index in [2.05, 4.69) is 5.32 Å². The molecule has 1 aromatic rings. The zero-order valence-electron chi connectivity index (χ0n) is 7.69. The van der Waals surface area contributed by atoms with Crippen LogP contribution in [0.25, 0.3) is 0 Å². The van der Waals surface area contributed by atoms with E-state index in [1.165, 1.54) is 0 Å². The molecular formula is C11H11ClFN. The van der Waals surface area contributed by atoms with Crippen molar-refractivity contribution in [3.05, 3.63) is 34.1 Å². The summed E-state index contributed by atoms with van der Waals surface area (Å²) in [7, 11) is 0. The highest BCUT2D eigenvalue weighted by molar-refractivity contribution is 6.30. The standard InChI is InChI=1S/C11H11ClFN/c12-8-2-1-7-9-5-6(3-4-14-9)10(7)11(8)13/h1-2,6,9,14H,3-5H2/t6-,9+/m1/s1. The second-order valence-electron chi connectivity index (χ2n) is 4.09. The van der Waals surface area contributed by atoms with Crippen LogP contribution in [0.3, 0.4) is 0 Å². The van der Waals surface area contributed by atoms with Crippen molar-refractivity contribution in [3.8, 4) is 0 Å². The van der Waals surface area contributed by atoms with Crippen LogP contribution in [-0.2, 0) is 0 Å². The summed E-state index contributed by atoms with van der Waals surface area (Å²) < 4.78 is 13.8. The Morgan fingerprint density at radius 1 is 1.43 bits per heavy atom. The summed E-state index contributed by atoms with van der Waals surface area (Å²) in [5.41, 5.74) is 1.99. The molecule has 1 N–H and O–H groups in total. The van der Waals surface area contributed by atoms with Crippen molar-refractivity contribution in [2.45, 2.75) is 24.8 Å². The number of benzene rings is 1. The Morgan fingerprint density at radius 2 is 2.29 bits per heavy atom. The predicted octanol–water partition coefficient (Wildman–Crippen LogP) is 3.00. The molecule has 0 aromatic heterocycles. The molecular weight excluding hydrogens is 201 g/mol. The number of halogens is 2. The summed E-state index contributed by atoms with van der Waals surface area (Å²) in [5, 5.41) is 3.66. The molecule has 0 spiro atoms. The molecule has 1 aliphatic carbocycles. The summed E-state index contributed by atoms with van der Waals surface area (Å²) in [6, 6.07) is 3.98. The molecule has 0 amide bonds. The minimum Gasteiger partial charge on any atom is -0.310 e. The Bertz CT molecular complexity index is 391. The number of hydrogen-bond acceptors (Lipinski definition) is 1. The third-order valence-corrected chi connectivity index (χ3v) is 3.65. The molecule has 1 saturated heterocycles. The van der Waals surface area contributed by atoms with Gasteiger partial charge >= 0.3 is 0 Å². The summed E-state index contributed by atoms with van der Waals surface area (Å²) in [6.45, 7) is 0.987. The second-order valence-corrected chi connectivity index (χ2v) is 4.50. The first kappa shape index (κ1) is 8.69. The Balaban J connectivity index is 2.21. The van der Waals surface area contributed by atoms with Crippen molar-refractivity contribution < 1.29 is 4.39 Å². The van der Waals surface area contributed by atoms with Gasteiger partial charge in [-0.25, -0.2) is 4.39 Å². The lowest BCUT2D eigenvalue weighted by Gasteiger charge is -2.20. The molecule has 1 aliphatic heterocycles. The van der Waals surface area contributed by atoms with E-state index in [4.69, 9.17) is 11.6 Å². The Morgan fingerprint density at radius 3 is 3.14 bits per heavy atom. The fourth-order valence-corrected chi connectivity index (χ4v) is 2.88. The lowest BCUT2D eigenvalue weighted by Crippen LogP contribution is -2.24. The van der Waals surface area contributed by atoms with E-state index < -0.39 is 0 Å². The van der Waals surface area contributed by atoms with Gasteiger partial charge in [0.2, 0.25) is 0 Å². The minimum absolute atomic E-state index is 0.194. The van der Waals surface area contributed by atoms with Crippen LogP contribution < -0.4 is 5.32 Å². The topological polar surface area (TPSA) is 12.0 Å². The molecule has 14 heavy (non-hydrogen) atoms. The smallest absolute Gasteiger partial charge is 0.145 e. The van der Waals surface area contributed by atoms with Crippen molar-refractivity contribution >= 4 is 11.6 Å². The number of rotatable bonds is 0. The molecule has 2 bridgehead atoms. The normalized spacial score (nSPS) is 29.0. The van der Waals surface area contributed by atoms with E-state index in [1.54, 1.807) is 6.07 Å². The van der Waals surface area contributed by atoms with Crippen LogP contribution in [0.1, 0.15) is 35.9 Å². The van der Waals surface area contributed by atoms with E-state index >= 15 is 0 Å². The summed E-state index contributed by atoms with van der Waals surface area (Å²) >= 11 is 5.79. The van der Waals surface area contributed by atoms with Crippen LogP contribution in [0.15, 0.2) is 12.1 Å². The molecule has 3 heteroatoms. The van der Waals surface area contributed by atoms with Gasteiger partial charge in [0.15, 0.2) is 0 Å². The number of nitrogens with one attached hydrogen (secondary N) is 1. The highest BCUT2D eigenvalue weighted by Gasteiger charge is 2.36. The van der Waals surface area contributed by atoms with Gasteiger partial charge in [0, 0.05) is 6.04 Å². The largest absolute Gasteiger partial charge is 0.310 e. The van der Waals surface area contributed by atoms with Crippen molar-refractivity contribution in [2.24, 2.45) is 0 Å². The summed E-state index contributed by atoms with van der Waals surface area (Å²) in [6.07, 6.45) is 2.06. The Labute approximate surface area is 87.3 Å². The molecule has 1 nitrogen and oxygen atoms in total. The van der Waals surface area contributed by atoms with Crippen LogP contribution in [0.4, 0.5) is 4.39 Å². The van der Waals surface area contributed by atoms with Gasteiger partial charge in [0.25, 0.3) is 0 Å². The molecule has 74 valence electrons. The van der Waals surface area contributed by atoms with E-state index in [-0.39, 0.29) is 10.8 Å². The second kappa shape index (κ2) is 2.94. The van der Waals surface area contributed by atoms with Crippen molar-refractivity contribution in [1.82, 2.24) is 5.32 Å². The van der Waals surface area contributed by atoms with Crippen LogP contribution >= 0.6 is 11.6 Å². The molecule has 1 aromatic carbocycles. The van der Waals surface area contributed by atoms with Gasteiger partial charge in [-0.1, -0.05) is 17.7 Å². The van der Waals surface area contributed by atoms with Crippen molar-refractivity contribution in [3.63, 3.8) is 0 Å². The molecule has 0 unspecified atom stereocenters. The first-order valence-electron chi connectivity index (χ1n) is 4.98. The highest BCUT2D eigenvalue weighted by atomic mass is 35.5. The minimum atomic E-state index is -0.194. The maximum Gasteiger partial charge on any atom is 0.145 e. The van der Waals surface area contributed by atoms with Crippen LogP contribution in [0.5, 0.6) is 0 Å². The monoisotopic (exact) mass is 211 g/mol. The maximum atomic E-state index is 13.8. The summed E-state index contributed by atoms with van der Waals surface area (Å²) in [5.74, 6) is 0.190. The average Bonchev–Trinajstić information content (AvgIpc) is 2.45. The van der Waals surface area contributed by atoms with Gasteiger partial charge in [-0.3, -0.25) is 0 Å². The van der Waals surface area contributed by atoms with Crippen LogP contribution in [0, 0.1) is 5.82 Å². The average molecular weight is 212 g/mol. The summed E-state index contributed by atoms with van der Waals surface area (Å²) in [4.78, 5) is 0. The number of hydrogen-bond donors (Lipinski definition) is 1. The number of fused-ring (bicyclic) bond motifs is 5. The van der Waals surface area contributed by atoms with Crippen LogP contribution in [0.2, 0.25) is 5.02 Å². The SMILES string of the molecule is Fc1c(Cl)ccc2c1[C@@H]1CCN[C@H]2C1. The molecule has 1 heterocycles. The van der Waals surface area contributed by atoms with Gasteiger partial charge in [0.1, 0.15) is 5.82 Å². The first-order valence-corrected chi connectivity index (χ1v) is 5.36. The lowest BCUT2D eigenvalue weighted by atomic mass is 9.96. The molecule has 2 aliphatic rings. The van der Waals surface area contributed by atoms with Crippen molar-refractivity contribution in [2.75, 3.05) is 6.54 Å². The molecule has 2 atom stereocenters. The molecule has 1 fully saturated rings. The Kier molecular flexibility index (Phi) is 1.83. The first-order chi connectivity index (χ1) is 6.77. The third-order valence-electron chi connectivity index (χ3n) is 3.35. The molecule has 3 rings (SSSR count). The van der Waals surface area contributed by atoms with E-state index in [0.29, 0.717) is 12.0 Å². The van der Waals surface area contributed by atoms with Gasteiger partial charge in [-0.15, -0.1) is 0 Å². The van der Waals surface area contributed by atoms with Crippen molar-refractivity contribution in [1.29, 1.82) is 0 Å². The fourth-order valence-electron chi connectivity index (χ4n) is 2.72. The third kappa shape index (κ3) is 1.04. The Hall–Kier alpha value is -0.600. The van der Waals surface area contributed by atoms with Gasteiger partial charge < -0.3 is 5.32 Å². The van der Waals surface area contributed by atoms with Crippen LogP contribution in [-0.4, -0.2) is 6.54 Å².